The molecule has 0 radical (unpaired) electrons. The Morgan fingerprint density at radius 3 is 2.52 bits per heavy atom. The molecule has 0 aliphatic rings. The van der Waals surface area contributed by atoms with E-state index < -0.39 is 0 Å². The number of thiocarbonyl (C=S) groups is 1. The lowest BCUT2D eigenvalue weighted by Crippen LogP contribution is -2.09. The van der Waals surface area contributed by atoms with Crippen LogP contribution in [0.15, 0.2) is 40.9 Å². The van der Waals surface area contributed by atoms with Crippen LogP contribution in [0.4, 0.5) is 0 Å². The van der Waals surface area contributed by atoms with Gasteiger partial charge in [-0.15, -0.1) is 0 Å². The minimum absolute atomic E-state index is 0.308. The van der Waals surface area contributed by atoms with Crippen molar-refractivity contribution in [2.24, 2.45) is 5.73 Å². The lowest BCUT2D eigenvalue weighted by atomic mass is 10.2. The molecule has 0 atom stereocenters. The molecule has 3 nitrogen and oxygen atoms in total. The molecule has 0 fully saturated rings. The molecule has 0 spiro atoms. The molecule has 0 saturated carbocycles. The summed E-state index contributed by atoms with van der Waals surface area (Å²) in [5.41, 5.74) is 7.27. The maximum absolute atomic E-state index is 6.15. The van der Waals surface area contributed by atoms with Gasteiger partial charge in [-0.3, -0.25) is 0 Å². The van der Waals surface area contributed by atoms with Crippen LogP contribution < -0.4 is 15.2 Å². The van der Waals surface area contributed by atoms with Gasteiger partial charge in [-0.2, -0.15) is 0 Å². The first-order valence-electron chi connectivity index (χ1n) is 6.06. The molecule has 2 aromatic carbocycles. The normalized spacial score (nSPS) is 10.2. The van der Waals surface area contributed by atoms with E-state index in [2.05, 4.69) is 15.9 Å². The Kier molecular flexibility index (Phi) is 5.45. The molecule has 21 heavy (non-hydrogen) atoms. The van der Waals surface area contributed by atoms with Gasteiger partial charge in [0.15, 0.2) is 0 Å². The summed E-state index contributed by atoms with van der Waals surface area (Å²) in [6.45, 7) is 0.398. The van der Waals surface area contributed by atoms with E-state index in [9.17, 15) is 0 Å². The van der Waals surface area contributed by atoms with Gasteiger partial charge < -0.3 is 15.2 Å². The van der Waals surface area contributed by atoms with Crippen LogP contribution in [0.25, 0.3) is 0 Å². The van der Waals surface area contributed by atoms with Crippen molar-refractivity contribution in [3.8, 4) is 11.5 Å². The molecule has 0 unspecified atom stereocenters. The van der Waals surface area contributed by atoms with Crippen LogP contribution in [0.5, 0.6) is 11.5 Å². The fourth-order valence-corrected chi connectivity index (χ4v) is 2.68. The van der Waals surface area contributed by atoms with E-state index in [1.165, 1.54) is 0 Å². The highest BCUT2D eigenvalue weighted by Crippen LogP contribution is 2.28. The highest BCUT2D eigenvalue weighted by Gasteiger charge is 2.06. The molecule has 0 amide bonds. The van der Waals surface area contributed by atoms with Gasteiger partial charge in [-0.05, 0) is 51.8 Å². The number of nitrogens with two attached hydrogens (primary N) is 1. The minimum atomic E-state index is 0.308. The van der Waals surface area contributed by atoms with Gasteiger partial charge in [-0.25, -0.2) is 0 Å². The average Bonchev–Trinajstić information content (AvgIpc) is 2.46. The molecular formula is C15H13BrClNO2S. The molecule has 0 saturated heterocycles. The first kappa shape index (κ1) is 16.1. The van der Waals surface area contributed by atoms with Crippen molar-refractivity contribution in [1.29, 1.82) is 0 Å². The van der Waals surface area contributed by atoms with Crippen LogP contribution in [0.1, 0.15) is 11.1 Å². The van der Waals surface area contributed by atoms with Crippen molar-refractivity contribution in [2.45, 2.75) is 6.61 Å². The van der Waals surface area contributed by atoms with Gasteiger partial charge in [0.25, 0.3) is 0 Å². The van der Waals surface area contributed by atoms with E-state index in [0.717, 1.165) is 21.3 Å². The van der Waals surface area contributed by atoms with E-state index in [1.54, 1.807) is 25.3 Å². The Bertz CT molecular complexity index is 679. The number of benzene rings is 2. The third-order valence-corrected chi connectivity index (χ3v) is 3.98. The lowest BCUT2D eigenvalue weighted by molar-refractivity contribution is 0.306. The molecule has 2 rings (SSSR count). The Labute approximate surface area is 142 Å². The largest absolute Gasteiger partial charge is 0.496 e. The Morgan fingerprint density at radius 1 is 1.24 bits per heavy atom. The van der Waals surface area contributed by atoms with Crippen LogP contribution >= 0.6 is 39.7 Å². The molecule has 110 valence electrons. The summed E-state index contributed by atoms with van der Waals surface area (Å²) in [6.07, 6.45) is 0. The standard InChI is InChI=1S/C15H13BrClNO2S/c1-19-13-4-2-9(6-11(13)16)8-20-14-5-3-10(15(18)21)7-12(14)17/h2-7H,8H2,1H3,(H2,18,21). The Balaban J connectivity index is 2.09. The summed E-state index contributed by atoms with van der Waals surface area (Å²) in [5, 5.41) is 0.480. The predicted octanol–water partition coefficient (Wildman–Crippen LogP) is 4.32. The second-order valence-electron chi connectivity index (χ2n) is 4.27. The van der Waals surface area contributed by atoms with E-state index in [1.807, 2.05) is 18.2 Å². The average molecular weight is 387 g/mol. The second-order valence-corrected chi connectivity index (χ2v) is 5.97. The highest BCUT2D eigenvalue weighted by molar-refractivity contribution is 9.10. The molecule has 0 aliphatic carbocycles. The highest BCUT2D eigenvalue weighted by atomic mass is 79.9. The summed E-state index contributed by atoms with van der Waals surface area (Å²) < 4.78 is 11.8. The zero-order valence-electron chi connectivity index (χ0n) is 11.2. The van der Waals surface area contributed by atoms with Crippen LogP contribution in [0, 0.1) is 0 Å². The predicted molar refractivity (Wildman–Crippen MR) is 92.4 cm³/mol. The van der Waals surface area contributed by atoms with Gasteiger partial charge in [0.05, 0.1) is 16.6 Å². The van der Waals surface area contributed by atoms with Crippen LogP contribution in [-0.2, 0) is 6.61 Å². The van der Waals surface area contributed by atoms with Crippen LogP contribution in [0.3, 0.4) is 0 Å². The molecule has 2 N–H and O–H groups in total. The lowest BCUT2D eigenvalue weighted by Gasteiger charge is -2.10. The fraction of sp³-hybridized carbons (Fsp3) is 0.133. The van der Waals surface area contributed by atoms with Crippen molar-refractivity contribution in [3.05, 3.63) is 57.0 Å². The van der Waals surface area contributed by atoms with Crippen molar-refractivity contribution in [3.63, 3.8) is 0 Å². The molecular weight excluding hydrogens is 374 g/mol. The van der Waals surface area contributed by atoms with Crippen molar-refractivity contribution < 1.29 is 9.47 Å². The van der Waals surface area contributed by atoms with E-state index >= 15 is 0 Å². The van der Waals surface area contributed by atoms with Crippen molar-refractivity contribution in [1.82, 2.24) is 0 Å². The topological polar surface area (TPSA) is 44.5 Å². The molecule has 0 aromatic heterocycles. The number of methoxy groups -OCH3 is 1. The summed E-state index contributed by atoms with van der Waals surface area (Å²) >= 11 is 14.5. The number of rotatable bonds is 5. The summed E-state index contributed by atoms with van der Waals surface area (Å²) in [4.78, 5) is 0.308. The first-order chi connectivity index (χ1) is 10.0. The monoisotopic (exact) mass is 385 g/mol. The van der Waals surface area contributed by atoms with Gasteiger partial charge in [0, 0.05) is 5.56 Å². The number of ether oxygens (including phenoxy) is 2. The fourth-order valence-electron chi connectivity index (χ4n) is 1.73. The van der Waals surface area contributed by atoms with Crippen LogP contribution in [0.2, 0.25) is 5.02 Å². The molecule has 0 bridgehead atoms. The van der Waals surface area contributed by atoms with Gasteiger partial charge in [0.2, 0.25) is 0 Å². The number of halogens is 2. The number of hydrogen-bond acceptors (Lipinski definition) is 3. The second kappa shape index (κ2) is 7.11. The van der Waals surface area contributed by atoms with Crippen molar-refractivity contribution >= 4 is 44.7 Å². The van der Waals surface area contributed by atoms with Crippen molar-refractivity contribution in [2.75, 3.05) is 7.11 Å². The summed E-state index contributed by atoms with van der Waals surface area (Å²) in [7, 11) is 1.62. The Morgan fingerprint density at radius 2 is 1.95 bits per heavy atom. The van der Waals surface area contributed by atoms with Gasteiger partial charge >= 0.3 is 0 Å². The zero-order valence-corrected chi connectivity index (χ0v) is 14.4. The number of hydrogen-bond donors (Lipinski definition) is 1. The summed E-state index contributed by atoms with van der Waals surface area (Å²) in [5.74, 6) is 1.36. The van der Waals surface area contributed by atoms with E-state index in [-0.39, 0.29) is 0 Å². The third-order valence-electron chi connectivity index (χ3n) is 2.83. The molecule has 0 heterocycles. The quantitative estimate of drug-likeness (QED) is 0.777. The minimum Gasteiger partial charge on any atom is -0.496 e. The molecule has 6 heteroatoms. The van der Waals surface area contributed by atoms with Gasteiger partial charge in [-0.1, -0.05) is 29.9 Å². The maximum Gasteiger partial charge on any atom is 0.138 e. The maximum atomic E-state index is 6.15. The SMILES string of the molecule is COc1ccc(COc2ccc(C(N)=S)cc2Cl)cc1Br. The molecule has 0 aliphatic heterocycles. The first-order valence-corrected chi connectivity index (χ1v) is 7.63. The molecule has 2 aromatic rings. The van der Waals surface area contributed by atoms with Crippen LogP contribution in [-0.4, -0.2) is 12.1 Å². The summed E-state index contributed by atoms with van der Waals surface area (Å²) in [6, 6.07) is 11.0. The zero-order chi connectivity index (χ0) is 15.4. The third kappa shape index (κ3) is 4.09. The van der Waals surface area contributed by atoms with E-state index in [0.29, 0.717) is 22.4 Å². The van der Waals surface area contributed by atoms with Gasteiger partial charge in [0.1, 0.15) is 23.1 Å². The smallest absolute Gasteiger partial charge is 0.138 e. The Hall–Kier alpha value is -1.30. The van der Waals surface area contributed by atoms with E-state index in [4.69, 9.17) is 39.0 Å².